The number of amides is 1. The first kappa shape index (κ1) is 16.3. The molecule has 1 aromatic heterocycles. The molecule has 6 nitrogen and oxygen atoms in total. The molecule has 0 bridgehead atoms. The lowest BCUT2D eigenvalue weighted by Gasteiger charge is -2.36. The van der Waals surface area contributed by atoms with Gasteiger partial charge >= 0.3 is 0 Å². The van der Waals surface area contributed by atoms with Crippen molar-refractivity contribution in [3.8, 4) is 0 Å². The molecule has 1 aliphatic heterocycles. The Morgan fingerprint density at radius 1 is 1.15 bits per heavy atom. The number of hydrogen-bond donors (Lipinski definition) is 2. The van der Waals surface area contributed by atoms with Crippen molar-refractivity contribution in [2.75, 3.05) is 10.6 Å². The molecule has 2 aromatic carbocycles. The summed E-state index contributed by atoms with van der Waals surface area (Å²) in [5.74, 6) is -0.308. The van der Waals surface area contributed by atoms with Crippen molar-refractivity contribution in [1.82, 2.24) is 14.8 Å². The summed E-state index contributed by atoms with van der Waals surface area (Å²) >= 11 is 0. The molecular formula is C19H18FN5O. The van der Waals surface area contributed by atoms with E-state index in [4.69, 9.17) is 0 Å². The zero-order chi connectivity index (χ0) is 18.1. The summed E-state index contributed by atoms with van der Waals surface area (Å²) in [5, 5.41) is 10.5. The third-order valence-corrected chi connectivity index (χ3v) is 4.63. The van der Waals surface area contributed by atoms with Gasteiger partial charge in [-0.25, -0.2) is 9.07 Å². The van der Waals surface area contributed by atoms with E-state index in [1.165, 1.54) is 18.5 Å². The molecule has 0 saturated carbocycles. The molecule has 0 radical (unpaired) electrons. The molecule has 0 fully saturated rings. The number of carbonyl (C=O) groups excluding carboxylic acids is 1. The van der Waals surface area contributed by atoms with Crippen LogP contribution in [0, 0.1) is 11.7 Å². The number of hydrogen-bond acceptors (Lipinski definition) is 4. The van der Waals surface area contributed by atoms with Crippen LogP contribution in [0.3, 0.4) is 0 Å². The molecule has 132 valence electrons. The molecule has 1 amide bonds. The van der Waals surface area contributed by atoms with Crippen molar-refractivity contribution in [2.24, 2.45) is 5.92 Å². The predicted molar refractivity (Wildman–Crippen MR) is 96.2 cm³/mol. The van der Waals surface area contributed by atoms with E-state index in [1.54, 1.807) is 16.8 Å². The van der Waals surface area contributed by atoms with Gasteiger partial charge in [-0.15, -0.1) is 0 Å². The number of halogens is 1. The molecule has 0 saturated heterocycles. The van der Waals surface area contributed by atoms with Crippen molar-refractivity contribution >= 4 is 17.5 Å². The SMILES string of the molecule is C[C@@H]1Nc2ncnn2[C@@H](c2ccc(F)cc2)[C@H]1C(=O)Nc1ccccc1. The minimum Gasteiger partial charge on any atom is -0.351 e. The zero-order valence-corrected chi connectivity index (χ0v) is 14.1. The van der Waals surface area contributed by atoms with E-state index in [2.05, 4.69) is 20.7 Å². The van der Waals surface area contributed by atoms with Gasteiger partial charge in [0.05, 0.1) is 12.0 Å². The Bertz CT molecular complexity index is 909. The summed E-state index contributed by atoms with van der Waals surface area (Å²) in [4.78, 5) is 17.3. The average molecular weight is 351 g/mol. The maximum atomic E-state index is 13.4. The highest BCUT2D eigenvalue weighted by atomic mass is 19.1. The Balaban J connectivity index is 1.73. The standard InChI is InChI=1S/C19H18FN5O/c1-12-16(18(26)24-15-5-3-2-4-6-15)17(13-7-9-14(20)10-8-13)25-19(23-12)21-11-22-25/h2-12,16-17H,1H3,(H,24,26)(H,21,22,23)/t12-,16-,17-/m0/s1. The van der Waals surface area contributed by atoms with E-state index in [9.17, 15) is 9.18 Å². The minimum atomic E-state index is -0.449. The monoisotopic (exact) mass is 351 g/mol. The first-order valence-corrected chi connectivity index (χ1v) is 8.41. The van der Waals surface area contributed by atoms with Gasteiger partial charge < -0.3 is 10.6 Å². The van der Waals surface area contributed by atoms with Crippen LogP contribution >= 0.6 is 0 Å². The fraction of sp³-hybridized carbons (Fsp3) is 0.211. The Morgan fingerprint density at radius 2 is 1.88 bits per heavy atom. The number of benzene rings is 2. The summed E-state index contributed by atoms with van der Waals surface area (Å²) in [6, 6.07) is 14.9. The smallest absolute Gasteiger partial charge is 0.232 e. The third-order valence-electron chi connectivity index (χ3n) is 4.63. The molecule has 0 unspecified atom stereocenters. The molecule has 4 rings (SSSR count). The Labute approximate surface area is 150 Å². The Morgan fingerprint density at radius 3 is 2.62 bits per heavy atom. The van der Waals surface area contributed by atoms with Gasteiger partial charge in [0, 0.05) is 11.7 Å². The van der Waals surface area contributed by atoms with Crippen LogP contribution in [0.25, 0.3) is 0 Å². The number of fused-ring (bicyclic) bond motifs is 1. The van der Waals surface area contributed by atoms with Gasteiger partial charge in [0.15, 0.2) is 0 Å². The maximum Gasteiger partial charge on any atom is 0.232 e. The summed E-state index contributed by atoms with van der Waals surface area (Å²) in [6.45, 7) is 1.93. The molecular weight excluding hydrogens is 333 g/mol. The Hall–Kier alpha value is -3.22. The first-order valence-electron chi connectivity index (χ1n) is 8.41. The van der Waals surface area contributed by atoms with Crippen LogP contribution in [-0.4, -0.2) is 26.7 Å². The molecule has 0 spiro atoms. The Kier molecular flexibility index (Phi) is 4.12. The lowest BCUT2D eigenvalue weighted by Crippen LogP contribution is -2.46. The van der Waals surface area contributed by atoms with E-state index in [1.807, 2.05) is 37.3 Å². The second-order valence-corrected chi connectivity index (χ2v) is 6.34. The highest BCUT2D eigenvalue weighted by Crippen LogP contribution is 2.36. The van der Waals surface area contributed by atoms with E-state index in [0.29, 0.717) is 5.95 Å². The quantitative estimate of drug-likeness (QED) is 0.761. The first-order chi connectivity index (χ1) is 12.6. The molecule has 3 aromatic rings. The third kappa shape index (κ3) is 2.92. The van der Waals surface area contributed by atoms with Crippen LogP contribution in [0.4, 0.5) is 16.0 Å². The summed E-state index contributed by atoms with van der Waals surface area (Å²) in [7, 11) is 0. The molecule has 2 N–H and O–H groups in total. The highest BCUT2D eigenvalue weighted by Gasteiger charge is 2.41. The normalized spacial score (nSPS) is 21.5. The lowest BCUT2D eigenvalue weighted by molar-refractivity contribution is -0.121. The van der Waals surface area contributed by atoms with E-state index >= 15 is 0 Å². The number of rotatable bonds is 3. The van der Waals surface area contributed by atoms with E-state index in [0.717, 1.165) is 11.3 Å². The van der Waals surface area contributed by atoms with Crippen LogP contribution in [0.5, 0.6) is 0 Å². The van der Waals surface area contributed by atoms with Gasteiger partial charge in [0.2, 0.25) is 11.9 Å². The molecule has 2 heterocycles. The van der Waals surface area contributed by atoms with Crippen LogP contribution in [-0.2, 0) is 4.79 Å². The maximum absolute atomic E-state index is 13.4. The average Bonchev–Trinajstić information content (AvgIpc) is 3.10. The van der Waals surface area contributed by atoms with Gasteiger partial charge in [0.1, 0.15) is 12.1 Å². The van der Waals surface area contributed by atoms with Gasteiger partial charge in [-0.2, -0.15) is 10.1 Å². The number of nitrogens with one attached hydrogen (secondary N) is 2. The number of aromatic nitrogens is 3. The van der Waals surface area contributed by atoms with Crippen molar-refractivity contribution < 1.29 is 9.18 Å². The van der Waals surface area contributed by atoms with Gasteiger partial charge in [-0.1, -0.05) is 30.3 Å². The summed E-state index contributed by atoms with van der Waals surface area (Å²) < 4.78 is 15.1. The fourth-order valence-electron chi connectivity index (χ4n) is 3.40. The fourth-order valence-corrected chi connectivity index (χ4v) is 3.40. The number of nitrogens with zero attached hydrogens (tertiary/aromatic N) is 3. The molecule has 26 heavy (non-hydrogen) atoms. The second-order valence-electron chi connectivity index (χ2n) is 6.34. The zero-order valence-electron chi connectivity index (χ0n) is 14.1. The van der Waals surface area contributed by atoms with E-state index in [-0.39, 0.29) is 23.8 Å². The number of para-hydroxylation sites is 1. The topological polar surface area (TPSA) is 71.8 Å². The predicted octanol–water partition coefficient (Wildman–Crippen LogP) is 3.08. The van der Waals surface area contributed by atoms with Gasteiger partial charge in [0.25, 0.3) is 0 Å². The molecule has 3 atom stereocenters. The van der Waals surface area contributed by atoms with Crippen LogP contribution < -0.4 is 10.6 Å². The van der Waals surface area contributed by atoms with Gasteiger partial charge in [-0.05, 0) is 36.8 Å². The van der Waals surface area contributed by atoms with Crippen molar-refractivity contribution in [3.63, 3.8) is 0 Å². The van der Waals surface area contributed by atoms with Crippen molar-refractivity contribution in [1.29, 1.82) is 0 Å². The second kappa shape index (κ2) is 6.59. The van der Waals surface area contributed by atoms with Crippen LogP contribution in [0.15, 0.2) is 60.9 Å². The van der Waals surface area contributed by atoms with Crippen molar-refractivity contribution in [2.45, 2.75) is 19.0 Å². The molecule has 1 aliphatic rings. The van der Waals surface area contributed by atoms with Gasteiger partial charge in [-0.3, -0.25) is 4.79 Å². The number of carbonyl (C=O) groups is 1. The summed E-state index contributed by atoms with van der Waals surface area (Å²) in [5.41, 5.74) is 1.53. The molecule has 0 aliphatic carbocycles. The van der Waals surface area contributed by atoms with E-state index < -0.39 is 5.92 Å². The van der Waals surface area contributed by atoms with Crippen LogP contribution in [0.2, 0.25) is 0 Å². The largest absolute Gasteiger partial charge is 0.351 e. The summed E-state index contributed by atoms with van der Waals surface area (Å²) in [6.07, 6.45) is 1.45. The van der Waals surface area contributed by atoms with Crippen LogP contribution in [0.1, 0.15) is 18.5 Å². The number of anilines is 2. The molecule has 7 heteroatoms. The van der Waals surface area contributed by atoms with Crippen molar-refractivity contribution in [3.05, 3.63) is 72.3 Å². The highest BCUT2D eigenvalue weighted by molar-refractivity contribution is 5.94. The lowest BCUT2D eigenvalue weighted by atomic mass is 9.85. The minimum absolute atomic E-state index is 0.133.